The van der Waals surface area contributed by atoms with E-state index in [-0.39, 0.29) is 11.3 Å². The summed E-state index contributed by atoms with van der Waals surface area (Å²) in [6.45, 7) is 19.7. The SMILES string of the molecule is Cc1cc(C)c(C)c(-c2cccc(-c3c(C)c(C)cc(C)c3C)c2P2C(c3ccccc3)CC3(CC2c2ccccc2)OCCO3)c1C. The molecule has 2 unspecified atom stereocenters. The summed E-state index contributed by atoms with van der Waals surface area (Å²) in [7, 11) is -0.825. The summed E-state index contributed by atoms with van der Waals surface area (Å²) in [4.78, 5) is 0. The van der Waals surface area contributed by atoms with Crippen LogP contribution in [0.1, 0.15) is 79.8 Å². The highest BCUT2D eigenvalue weighted by Crippen LogP contribution is 2.71. The molecule has 0 saturated carbocycles. The maximum absolute atomic E-state index is 6.63. The van der Waals surface area contributed by atoms with Crippen molar-refractivity contribution in [2.24, 2.45) is 0 Å². The first-order valence-electron chi connectivity index (χ1n) is 17.5. The van der Waals surface area contributed by atoms with Crippen LogP contribution < -0.4 is 5.30 Å². The summed E-state index contributed by atoms with van der Waals surface area (Å²) in [5, 5.41) is 1.52. The quantitative estimate of drug-likeness (QED) is 0.176. The van der Waals surface area contributed by atoms with Crippen LogP contribution in [0.4, 0.5) is 0 Å². The summed E-state index contributed by atoms with van der Waals surface area (Å²) in [5.74, 6) is -0.577. The Balaban J connectivity index is 1.63. The van der Waals surface area contributed by atoms with Gasteiger partial charge in [-0.3, -0.25) is 0 Å². The van der Waals surface area contributed by atoms with Crippen LogP contribution in [0, 0.1) is 55.4 Å². The second-order valence-electron chi connectivity index (χ2n) is 14.2. The Labute approximate surface area is 289 Å². The van der Waals surface area contributed by atoms with E-state index in [4.69, 9.17) is 9.47 Å². The normalized spacial score (nSPS) is 20.4. The van der Waals surface area contributed by atoms with Crippen LogP contribution in [0.5, 0.6) is 0 Å². The van der Waals surface area contributed by atoms with Crippen molar-refractivity contribution < 1.29 is 9.47 Å². The molecule has 3 heteroatoms. The lowest BCUT2D eigenvalue weighted by molar-refractivity contribution is -0.170. The molecule has 0 bridgehead atoms. The third-order valence-electron chi connectivity index (χ3n) is 11.4. The number of aryl methyl sites for hydroxylation is 4. The minimum absolute atomic E-state index is 0.246. The zero-order valence-electron chi connectivity index (χ0n) is 29.9. The van der Waals surface area contributed by atoms with Gasteiger partial charge < -0.3 is 9.47 Å². The Morgan fingerprint density at radius 1 is 0.500 bits per heavy atom. The summed E-state index contributed by atoms with van der Waals surface area (Å²) in [6.07, 6.45) is 1.71. The van der Waals surface area contributed by atoms with Crippen LogP contribution in [0.15, 0.2) is 91.0 Å². The first kappa shape index (κ1) is 33.0. The number of ether oxygens (including phenoxy) is 2. The predicted molar refractivity (Wildman–Crippen MR) is 204 cm³/mol. The summed E-state index contributed by atoms with van der Waals surface area (Å²) in [5.41, 5.74) is 19.8. The maximum Gasteiger partial charge on any atom is 0.170 e. The van der Waals surface area contributed by atoms with E-state index in [1.165, 1.54) is 83.2 Å². The van der Waals surface area contributed by atoms with Crippen molar-refractivity contribution in [3.8, 4) is 22.3 Å². The van der Waals surface area contributed by atoms with Crippen LogP contribution in [0.25, 0.3) is 22.3 Å². The van der Waals surface area contributed by atoms with E-state index in [2.05, 4.69) is 146 Å². The Kier molecular flexibility index (Phi) is 8.97. The molecule has 0 amide bonds. The number of hydrogen-bond donors (Lipinski definition) is 0. The maximum atomic E-state index is 6.63. The van der Waals surface area contributed by atoms with Gasteiger partial charge in [-0.25, -0.2) is 0 Å². The van der Waals surface area contributed by atoms with Gasteiger partial charge in [0.1, 0.15) is 0 Å². The van der Waals surface area contributed by atoms with Crippen LogP contribution in [0.2, 0.25) is 0 Å². The molecule has 7 rings (SSSR count). The first-order chi connectivity index (χ1) is 23.1. The van der Waals surface area contributed by atoms with E-state index in [1.807, 2.05) is 0 Å². The molecule has 0 aromatic heterocycles. The molecule has 1 spiro atoms. The van der Waals surface area contributed by atoms with Gasteiger partial charge in [-0.05, 0) is 139 Å². The minimum atomic E-state index is -0.825. The highest BCUT2D eigenvalue weighted by Gasteiger charge is 2.52. The van der Waals surface area contributed by atoms with E-state index in [0.717, 1.165) is 12.8 Å². The van der Waals surface area contributed by atoms with Gasteiger partial charge in [0.2, 0.25) is 0 Å². The average molecular weight is 653 g/mol. The van der Waals surface area contributed by atoms with E-state index in [1.54, 1.807) is 0 Å². The Morgan fingerprint density at radius 3 is 1.25 bits per heavy atom. The molecule has 2 aliphatic heterocycles. The monoisotopic (exact) mass is 652 g/mol. The molecular weight excluding hydrogens is 603 g/mol. The highest BCUT2D eigenvalue weighted by atomic mass is 31.1. The molecule has 2 aliphatic rings. The highest BCUT2D eigenvalue weighted by molar-refractivity contribution is 7.67. The van der Waals surface area contributed by atoms with Crippen molar-refractivity contribution in [1.29, 1.82) is 0 Å². The molecule has 5 aromatic carbocycles. The molecule has 2 saturated heterocycles. The zero-order valence-corrected chi connectivity index (χ0v) is 30.8. The molecule has 48 heavy (non-hydrogen) atoms. The summed E-state index contributed by atoms with van der Waals surface area (Å²) in [6, 6.07) is 34.4. The van der Waals surface area contributed by atoms with E-state index in [0.29, 0.717) is 13.2 Å². The van der Waals surface area contributed by atoms with Crippen molar-refractivity contribution >= 4 is 13.2 Å². The van der Waals surface area contributed by atoms with Crippen molar-refractivity contribution in [2.45, 2.75) is 85.3 Å². The lowest BCUT2D eigenvalue weighted by Crippen LogP contribution is -2.39. The van der Waals surface area contributed by atoms with E-state index < -0.39 is 13.7 Å². The second kappa shape index (κ2) is 13.1. The van der Waals surface area contributed by atoms with Crippen LogP contribution in [-0.4, -0.2) is 19.0 Å². The predicted octanol–water partition coefficient (Wildman–Crippen LogP) is 11.6. The summed E-state index contributed by atoms with van der Waals surface area (Å²) < 4.78 is 13.3. The number of benzene rings is 5. The van der Waals surface area contributed by atoms with Crippen LogP contribution >= 0.6 is 7.92 Å². The minimum Gasteiger partial charge on any atom is -0.347 e. The lowest BCUT2D eigenvalue weighted by Gasteiger charge is -2.48. The molecular formula is C45H49O2P. The van der Waals surface area contributed by atoms with Crippen molar-refractivity contribution in [3.05, 3.63) is 147 Å². The summed E-state index contributed by atoms with van der Waals surface area (Å²) >= 11 is 0. The molecule has 246 valence electrons. The number of hydrogen-bond acceptors (Lipinski definition) is 2. The lowest BCUT2D eigenvalue weighted by atomic mass is 9.85. The van der Waals surface area contributed by atoms with Crippen LogP contribution in [0.3, 0.4) is 0 Å². The zero-order chi connectivity index (χ0) is 33.7. The Bertz CT molecular complexity index is 1790. The van der Waals surface area contributed by atoms with Gasteiger partial charge in [-0.15, -0.1) is 0 Å². The fourth-order valence-corrected chi connectivity index (χ4v) is 12.4. The smallest absolute Gasteiger partial charge is 0.170 e. The topological polar surface area (TPSA) is 18.5 Å². The number of rotatable bonds is 5. The van der Waals surface area contributed by atoms with Crippen LogP contribution in [-0.2, 0) is 9.47 Å². The van der Waals surface area contributed by atoms with E-state index >= 15 is 0 Å². The Hall–Kier alpha value is -3.55. The molecule has 2 nitrogen and oxygen atoms in total. The average Bonchev–Trinajstić information content (AvgIpc) is 3.55. The van der Waals surface area contributed by atoms with Gasteiger partial charge in [-0.1, -0.05) is 98.9 Å². The van der Waals surface area contributed by atoms with Gasteiger partial charge in [0.05, 0.1) is 13.2 Å². The second-order valence-corrected chi connectivity index (χ2v) is 16.8. The molecule has 2 heterocycles. The first-order valence-corrected chi connectivity index (χ1v) is 19.0. The van der Waals surface area contributed by atoms with Gasteiger partial charge >= 0.3 is 0 Å². The molecule has 5 aromatic rings. The van der Waals surface area contributed by atoms with Gasteiger partial charge in [0, 0.05) is 24.2 Å². The molecule has 0 N–H and O–H groups in total. The largest absolute Gasteiger partial charge is 0.347 e. The fourth-order valence-electron chi connectivity index (χ4n) is 8.50. The van der Waals surface area contributed by atoms with Gasteiger partial charge in [-0.2, -0.15) is 0 Å². The molecule has 2 atom stereocenters. The van der Waals surface area contributed by atoms with E-state index in [9.17, 15) is 0 Å². The van der Waals surface area contributed by atoms with Crippen molar-refractivity contribution in [2.75, 3.05) is 13.2 Å². The Morgan fingerprint density at radius 2 is 0.875 bits per heavy atom. The standard InChI is InChI=1S/C45H49O2P/c1-28-24-29(2)33(6)42(32(28)5)38-20-15-21-39(43-34(7)30(3)25-31(4)35(43)8)44(38)48-40(36-16-11-9-12-17-36)26-45(46-22-23-47-45)27-41(48)37-18-13-10-14-19-37/h9-21,24-25,40-41H,22-23,26-27H2,1-8H3. The molecule has 2 fully saturated rings. The molecule has 0 radical (unpaired) electrons. The fraction of sp³-hybridized carbons (Fsp3) is 0.333. The third-order valence-corrected chi connectivity index (χ3v) is 14.7. The van der Waals surface area contributed by atoms with Gasteiger partial charge in [0.15, 0.2) is 5.79 Å². The third kappa shape index (κ3) is 5.67. The van der Waals surface area contributed by atoms with Gasteiger partial charge in [0.25, 0.3) is 0 Å². The van der Waals surface area contributed by atoms with Crippen molar-refractivity contribution in [1.82, 2.24) is 0 Å². The molecule has 0 aliphatic carbocycles. The van der Waals surface area contributed by atoms with Crippen molar-refractivity contribution in [3.63, 3.8) is 0 Å².